The standard InChI is InChI=1S/C22H26ClFN3O9P/c1-12(25)19(29)35-18-16(34-20(22(18,2)24)27-8-6-17(28)26-21(27)30)11-33-37(31)32-9-7-15(36-37)13-4-3-5-14(23)10-13/h3-6,8,10,12,15-16,18,20H,7,9,11,25H2,1-2H3,(H,26,28,30)/t12?,15?,16-,18-,20-,22-,37?/m1/s1. The number of carbonyl (C=O) groups is 1. The maximum atomic E-state index is 16.1. The minimum absolute atomic E-state index is 0.0410. The Morgan fingerprint density at radius 3 is 2.84 bits per heavy atom. The Kier molecular flexibility index (Phi) is 8.05. The van der Waals surface area contributed by atoms with E-state index in [1.165, 1.54) is 6.92 Å². The summed E-state index contributed by atoms with van der Waals surface area (Å²) in [7, 11) is -4.16. The Hall–Kier alpha value is -2.38. The summed E-state index contributed by atoms with van der Waals surface area (Å²) in [5.74, 6) is -0.935. The summed E-state index contributed by atoms with van der Waals surface area (Å²) in [4.78, 5) is 38.0. The topological polar surface area (TPSA) is 161 Å². The lowest BCUT2D eigenvalue weighted by molar-refractivity contribution is -0.159. The number of aromatic nitrogens is 2. The third kappa shape index (κ3) is 6.04. The first-order chi connectivity index (χ1) is 17.4. The highest BCUT2D eigenvalue weighted by Gasteiger charge is 2.59. The Labute approximate surface area is 215 Å². The van der Waals surface area contributed by atoms with Gasteiger partial charge in [-0.05, 0) is 31.5 Å². The highest BCUT2D eigenvalue weighted by Crippen LogP contribution is 2.57. The fraction of sp³-hybridized carbons (Fsp3) is 0.500. The number of benzene rings is 1. The van der Waals surface area contributed by atoms with E-state index in [1.54, 1.807) is 24.3 Å². The predicted molar refractivity (Wildman–Crippen MR) is 128 cm³/mol. The van der Waals surface area contributed by atoms with Crippen LogP contribution in [0.3, 0.4) is 0 Å². The molecule has 0 saturated carbocycles. The van der Waals surface area contributed by atoms with Crippen molar-refractivity contribution in [3.05, 3.63) is 68.0 Å². The van der Waals surface area contributed by atoms with Crippen molar-refractivity contribution in [1.29, 1.82) is 0 Å². The fourth-order valence-electron chi connectivity index (χ4n) is 4.05. The maximum absolute atomic E-state index is 16.1. The maximum Gasteiger partial charge on any atom is 0.475 e. The number of rotatable bonds is 7. The van der Waals surface area contributed by atoms with E-state index in [0.717, 1.165) is 23.8 Å². The molecule has 202 valence electrons. The summed E-state index contributed by atoms with van der Waals surface area (Å²) in [6.45, 7) is 1.85. The predicted octanol–water partition coefficient (Wildman–Crippen LogP) is 2.38. The molecule has 7 atom stereocenters. The zero-order valence-electron chi connectivity index (χ0n) is 19.9. The molecule has 12 nitrogen and oxygen atoms in total. The number of ether oxygens (including phenoxy) is 2. The van der Waals surface area contributed by atoms with E-state index in [1.807, 2.05) is 4.98 Å². The smallest absolute Gasteiger partial charge is 0.455 e. The van der Waals surface area contributed by atoms with E-state index < -0.39 is 67.9 Å². The van der Waals surface area contributed by atoms with Crippen molar-refractivity contribution in [3.63, 3.8) is 0 Å². The molecular weight excluding hydrogens is 536 g/mol. The van der Waals surface area contributed by atoms with Crippen LogP contribution >= 0.6 is 19.4 Å². The van der Waals surface area contributed by atoms with Crippen LogP contribution < -0.4 is 17.0 Å². The summed E-state index contributed by atoms with van der Waals surface area (Å²) in [5, 5.41) is 0.465. The molecule has 2 aliphatic heterocycles. The van der Waals surface area contributed by atoms with Crippen LogP contribution in [0.1, 0.15) is 38.2 Å². The van der Waals surface area contributed by atoms with Gasteiger partial charge in [0.15, 0.2) is 18.0 Å². The van der Waals surface area contributed by atoms with Gasteiger partial charge >= 0.3 is 19.5 Å². The zero-order valence-corrected chi connectivity index (χ0v) is 21.5. The third-order valence-electron chi connectivity index (χ3n) is 5.90. The molecule has 3 unspecified atom stereocenters. The second kappa shape index (κ2) is 10.8. The quantitative estimate of drug-likeness (QED) is 0.379. The Bertz CT molecular complexity index is 1320. The van der Waals surface area contributed by atoms with Crippen molar-refractivity contribution in [1.82, 2.24) is 9.55 Å². The molecule has 4 rings (SSSR count). The lowest BCUT2D eigenvalue weighted by Crippen LogP contribution is -2.47. The Morgan fingerprint density at radius 2 is 2.16 bits per heavy atom. The summed E-state index contributed by atoms with van der Waals surface area (Å²) in [6.07, 6.45) is -3.84. The lowest BCUT2D eigenvalue weighted by Gasteiger charge is -2.30. The number of halogens is 2. The summed E-state index contributed by atoms with van der Waals surface area (Å²) in [6, 6.07) is 6.72. The van der Waals surface area contributed by atoms with Gasteiger partial charge in [-0.2, -0.15) is 0 Å². The Morgan fingerprint density at radius 1 is 1.41 bits per heavy atom. The molecule has 2 fully saturated rings. The monoisotopic (exact) mass is 561 g/mol. The van der Waals surface area contributed by atoms with Crippen LogP contribution in [0.5, 0.6) is 0 Å². The van der Waals surface area contributed by atoms with E-state index in [-0.39, 0.29) is 6.61 Å². The van der Waals surface area contributed by atoms with E-state index >= 15 is 4.39 Å². The van der Waals surface area contributed by atoms with Gasteiger partial charge in [-0.25, -0.2) is 13.8 Å². The number of hydrogen-bond donors (Lipinski definition) is 2. The number of esters is 1. The van der Waals surface area contributed by atoms with Crippen molar-refractivity contribution in [3.8, 4) is 0 Å². The summed E-state index contributed by atoms with van der Waals surface area (Å²) < 4.78 is 57.4. The van der Waals surface area contributed by atoms with E-state index in [2.05, 4.69) is 0 Å². The number of phosphoric acid groups is 1. The molecule has 1 aromatic carbocycles. The first-order valence-electron chi connectivity index (χ1n) is 11.3. The first-order valence-corrected chi connectivity index (χ1v) is 13.2. The summed E-state index contributed by atoms with van der Waals surface area (Å²) >= 11 is 6.04. The third-order valence-corrected chi connectivity index (χ3v) is 7.61. The van der Waals surface area contributed by atoms with Gasteiger partial charge in [0.2, 0.25) is 0 Å². The molecule has 0 aliphatic carbocycles. The normalized spacial score (nSPS) is 32.7. The molecule has 0 bridgehead atoms. The molecule has 15 heteroatoms. The molecule has 0 amide bonds. The Balaban J connectivity index is 1.56. The average molecular weight is 562 g/mol. The van der Waals surface area contributed by atoms with Gasteiger partial charge in [-0.15, -0.1) is 0 Å². The van der Waals surface area contributed by atoms with Gasteiger partial charge in [-0.3, -0.25) is 32.7 Å². The molecule has 3 N–H and O–H groups in total. The van der Waals surface area contributed by atoms with Crippen LogP contribution in [0.2, 0.25) is 5.02 Å². The van der Waals surface area contributed by atoms with E-state index in [4.69, 9.17) is 40.4 Å². The fourth-order valence-corrected chi connectivity index (χ4v) is 5.64. The van der Waals surface area contributed by atoms with Gasteiger partial charge in [0, 0.05) is 23.7 Å². The summed E-state index contributed by atoms with van der Waals surface area (Å²) in [5.41, 5.74) is 2.09. The van der Waals surface area contributed by atoms with Crippen LogP contribution in [0.15, 0.2) is 46.1 Å². The molecule has 2 aromatic rings. The minimum Gasteiger partial charge on any atom is -0.455 e. The molecular formula is C22H26ClFN3O9P. The molecule has 0 spiro atoms. The van der Waals surface area contributed by atoms with Crippen molar-refractivity contribution < 1.29 is 36.8 Å². The molecule has 37 heavy (non-hydrogen) atoms. The van der Waals surface area contributed by atoms with Gasteiger partial charge in [-0.1, -0.05) is 23.7 Å². The van der Waals surface area contributed by atoms with Crippen molar-refractivity contribution >= 4 is 25.4 Å². The number of phosphoric ester groups is 1. The lowest BCUT2D eigenvalue weighted by atomic mass is 9.98. The van der Waals surface area contributed by atoms with Crippen LogP contribution in [-0.4, -0.2) is 52.7 Å². The molecule has 2 saturated heterocycles. The second-order valence-corrected chi connectivity index (χ2v) is 10.9. The molecule has 1 aromatic heterocycles. The van der Waals surface area contributed by atoms with Gasteiger partial charge < -0.3 is 15.2 Å². The number of nitrogens with zero attached hydrogens (tertiary/aromatic N) is 1. The average Bonchev–Trinajstić information content (AvgIpc) is 3.07. The van der Waals surface area contributed by atoms with Crippen LogP contribution in [0.4, 0.5) is 4.39 Å². The van der Waals surface area contributed by atoms with Gasteiger partial charge in [0.05, 0.1) is 19.3 Å². The highest BCUT2D eigenvalue weighted by atomic mass is 35.5. The zero-order chi connectivity index (χ0) is 27.0. The number of H-pyrrole nitrogens is 1. The number of hydrogen-bond acceptors (Lipinski definition) is 10. The number of alkyl halides is 1. The molecule has 3 heterocycles. The van der Waals surface area contributed by atoms with E-state index in [9.17, 15) is 18.9 Å². The first kappa shape index (κ1) is 27.6. The second-order valence-electron chi connectivity index (χ2n) is 8.86. The van der Waals surface area contributed by atoms with E-state index in [0.29, 0.717) is 17.0 Å². The number of nitrogens with two attached hydrogens (primary N) is 1. The van der Waals surface area contributed by atoms with Crippen LogP contribution in [0, 0.1) is 0 Å². The number of aromatic amines is 1. The van der Waals surface area contributed by atoms with Crippen LogP contribution in [-0.2, 0) is 32.4 Å². The molecule has 0 radical (unpaired) electrons. The van der Waals surface area contributed by atoms with Crippen LogP contribution in [0.25, 0.3) is 0 Å². The largest absolute Gasteiger partial charge is 0.475 e. The van der Waals surface area contributed by atoms with Gasteiger partial charge in [0.1, 0.15) is 12.1 Å². The minimum atomic E-state index is -4.16. The number of nitrogens with one attached hydrogen (secondary N) is 1. The molecule has 2 aliphatic rings. The van der Waals surface area contributed by atoms with Crippen molar-refractivity contribution in [2.24, 2.45) is 5.73 Å². The highest BCUT2D eigenvalue weighted by molar-refractivity contribution is 7.48. The van der Waals surface area contributed by atoms with Crippen molar-refractivity contribution in [2.45, 2.75) is 56.5 Å². The number of carbonyl (C=O) groups excluding carboxylic acids is 1. The SMILES string of the molecule is CC(N)C(=O)O[C@@H]1[C@@H](COP2(=O)OCCC(c3cccc(Cl)c3)O2)O[C@@H](n2ccc(=O)[nH]c2=O)[C@]1(C)F. The van der Waals surface area contributed by atoms with Gasteiger partial charge in [0.25, 0.3) is 5.56 Å². The van der Waals surface area contributed by atoms with Crippen molar-refractivity contribution in [2.75, 3.05) is 13.2 Å².